The highest BCUT2D eigenvalue weighted by atomic mass is 16.5. The molecule has 1 amide bonds. The van der Waals surface area contributed by atoms with Crippen LogP contribution in [0.5, 0.6) is 0 Å². The molecule has 0 bridgehead atoms. The molecule has 1 aliphatic heterocycles. The zero-order chi connectivity index (χ0) is 15.2. The van der Waals surface area contributed by atoms with Gasteiger partial charge in [0, 0.05) is 38.0 Å². The average Bonchev–Trinajstić information content (AvgIpc) is 2.52. The van der Waals surface area contributed by atoms with Gasteiger partial charge in [-0.05, 0) is 25.0 Å². The highest BCUT2D eigenvalue weighted by molar-refractivity contribution is 5.97. The van der Waals surface area contributed by atoms with E-state index < -0.39 is 5.97 Å². The third-order valence-corrected chi connectivity index (χ3v) is 3.45. The molecule has 21 heavy (non-hydrogen) atoms. The highest BCUT2D eigenvalue weighted by Gasteiger charge is 2.26. The third kappa shape index (κ3) is 3.88. The molecule has 0 aliphatic carbocycles. The van der Waals surface area contributed by atoms with Crippen molar-refractivity contribution in [2.24, 2.45) is 0 Å². The maximum atomic E-state index is 12.6. The third-order valence-electron chi connectivity index (χ3n) is 3.45. The Labute approximate surface area is 123 Å². The fourth-order valence-corrected chi connectivity index (χ4v) is 2.36. The van der Waals surface area contributed by atoms with E-state index in [2.05, 4.69) is 4.98 Å². The molecule has 112 valence electrons. The van der Waals surface area contributed by atoms with Gasteiger partial charge in [0.05, 0.1) is 6.10 Å². The smallest absolute Gasteiger partial charge is 0.328 e. The molecule has 6 heteroatoms. The van der Waals surface area contributed by atoms with Crippen LogP contribution in [-0.4, -0.2) is 53.2 Å². The Kier molecular flexibility index (Phi) is 5.05. The molecule has 1 aromatic rings. The van der Waals surface area contributed by atoms with E-state index in [1.54, 1.807) is 24.1 Å². The Balaban J connectivity index is 2.20. The highest BCUT2D eigenvalue weighted by Crippen LogP contribution is 2.17. The minimum absolute atomic E-state index is 0.0458. The van der Waals surface area contributed by atoms with Gasteiger partial charge >= 0.3 is 5.97 Å². The van der Waals surface area contributed by atoms with Crippen LogP contribution in [0.4, 0.5) is 0 Å². The number of carboxylic acids is 1. The second-order valence-corrected chi connectivity index (χ2v) is 4.86. The number of pyridine rings is 1. The predicted molar refractivity (Wildman–Crippen MR) is 76.8 cm³/mol. The van der Waals surface area contributed by atoms with Crippen molar-refractivity contribution in [2.75, 3.05) is 20.2 Å². The molecule has 0 spiro atoms. The predicted octanol–water partition coefficient (Wildman–Crippen LogP) is 1.43. The maximum Gasteiger partial charge on any atom is 0.328 e. The number of ether oxygens (including phenoxy) is 1. The Morgan fingerprint density at radius 1 is 1.52 bits per heavy atom. The second kappa shape index (κ2) is 6.99. The summed E-state index contributed by atoms with van der Waals surface area (Å²) in [5.41, 5.74) is 0.774. The zero-order valence-electron chi connectivity index (χ0n) is 11.9. The van der Waals surface area contributed by atoms with Crippen molar-refractivity contribution in [1.82, 2.24) is 9.88 Å². The zero-order valence-corrected chi connectivity index (χ0v) is 11.9. The van der Waals surface area contributed by atoms with Crippen molar-refractivity contribution in [3.8, 4) is 0 Å². The normalized spacial score (nSPS) is 18.9. The molecule has 1 unspecified atom stereocenters. The average molecular weight is 290 g/mol. The van der Waals surface area contributed by atoms with Gasteiger partial charge in [-0.1, -0.05) is 6.07 Å². The summed E-state index contributed by atoms with van der Waals surface area (Å²) in [5.74, 6) is -1.25. The summed E-state index contributed by atoms with van der Waals surface area (Å²) in [5, 5.41) is 8.70. The lowest BCUT2D eigenvalue weighted by atomic mass is 10.1. The first-order chi connectivity index (χ1) is 10.1. The number of nitrogens with zero attached hydrogens (tertiary/aromatic N) is 2. The molecule has 1 atom stereocenters. The first-order valence-electron chi connectivity index (χ1n) is 6.80. The molecule has 0 aromatic carbocycles. The summed E-state index contributed by atoms with van der Waals surface area (Å²) in [6.07, 6.45) is 5.79. The van der Waals surface area contributed by atoms with E-state index in [1.165, 1.54) is 12.3 Å². The molecule has 1 N–H and O–H groups in total. The van der Waals surface area contributed by atoms with Crippen molar-refractivity contribution in [3.63, 3.8) is 0 Å². The van der Waals surface area contributed by atoms with E-state index in [9.17, 15) is 9.59 Å². The van der Waals surface area contributed by atoms with Crippen LogP contribution in [0.1, 0.15) is 28.9 Å². The van der Waals surface area contributed by atoms with Crippen molar-refractivity contribution in [3.05, 3.63) is 35.7 Å². The Morgan fingerprint density at radius 2 is 2.33 bits per heavy atom. The molecular formula is C15H18N2O4. The van der Waals surface area contributed by atoms with Crippen LogP contribution >= 0.6 is 0 Å². The lowest BCUT2D eigenvalue weighted by Crippen LogP contribution is -2.43. The fraction of sp³-hybridized carbons (Fsp3) is 0.400. The summed E-state index contributed by atoms with van der Waals surface area (Å²) in [6, 6.07) is 3.35. The van der Waals surface area contributed by atoms with Crippen LogP contribution in [0.3, 0.4) is 0 Å². The van der Waals surface area contributed by atoms with E-state index in [1.807, 2.05) is 0 Å². The van der Waals surface area contributed by atoms with Gasteiger partial charge in [-0.3, -0.25) is 9.78 Å². The van der Waals surface area contributed by atoms with Crippen molar-refractivity contribution in [2.45, 2.75) is 18.9 Å². The molecule has 2 heterocycles. The number of aliphatic carboxylic acids is 1. The van der Waals surface area contributed by atoms with Crippen molar-refractivity contribution >= 4 is 18.0 Å². The lowest BCUT2D eigenvalue weighted by molar-refractivity contribution is -0.131. The number of rotatable bonds is 4. The van der Waals surface area contributed by atoms with Crippen molar-refractivity contribution in [1.29, 1.82) is 0 Å². The summed E-state index contributed by atoms with van der Waals surface area (Å²) < 4.78 is 5.31. The monoisotopic (exact) mass is 290 g/mol. The number of carboxylic acid groups (broad SMARTS) is 1. The number of carbonyl (C=O) groups excluding carboxylic acids is 1. The molecule has 2 rings (SSSR count). The SMILES string of the molecule is COC1CCCN(C(=O)c2ncccc2/C=C/C(=O)O)C1. The quantitative estimate of drug-likeness (QED) is 0.849. The minimum Gasteiger partial charge on any atom is -0.478 e. The first kappa shape index (κ1) is 15.2. The molecule has 1 fully saturated rings. The summed E-state index contributed by atoms with van der Waals surface area (Å²) in [6.45, 7) is 1.20. The van der Waals surface area contributed by atoms with Crippen LogP contribution in [0.25, 0.3) is 6.08 Å². The number of hydrogen-bond acceptors (Lipinski definition) is 4. The molecule has 6 nitrogen and oxygen atoms in total. The van der Waals surface area contributed by atoms with Gasteiger partial charge in [0.15, 0.2) is 0 Å². The fourth-order valence-electron chi connectivity index (χ4n) is 2.36. The number of piperidine rings is 1. The maximum absolute atomic E-state index is 12.6. The van der Waals surface area contributed by atoms with E-state index in [0.29, 0.717) is 18.7 Å². The number of aromatic nitrogens is 1. The Hall–Kier alpha value is -2.21. The number of amides is 1. The van der Waals surface area contributed by atoms with Crippen LogP contribution in [0.15, 0.2) is 24.4 Å². The molecule has 1 saturated heterocycles. The van der Waals surface area contributed by atoms with Gasteiger partial charge in [-0.15, -0.1) is 0 Å². The van der Waals surface area contributed by atoms with Crippen LogP contribution in [0, 0.1) is 0 Å². The van der Waals surface area contributed by atoms with Gasteiger partial charge in [0.25, 0.3) is 5.91 Å². The van der Waals surface area contributed by atoms with Crippen LogP contribution < -0.4 is 0 Å². The van der Waals surface area contributed by atoms with Gasteiger partial charge < -0.3 is 14.7 Å². The largest absolute Gasteiger partial charge is 0.478 e. The molecule has 0 saturated carbocycles. The lowest BCUT2D eigenvalue weighted by Gasteiger charge is -2.31. The second-order valence-electron chi connectivity index (χ2n) is 4.86. The summed E-state index contributed by atoms with van der Waals surface area (Å²) in [4.78, 5) is 29.0. The van der Waals surface area contributed by atoms with Crippen LogP contribution in [-0.2, 0) is 9.53 Å². The topological polar surface area (TPSA) is 79.7 Å². The standard InChI is InChI=1S/C15H18N2O4/c1-21-12-5-3-9-17(10-12)15(20)14-11(4-2-8-16-14)6-7-13(18)19/h2,4,6-8,12H,3,5,9-10H2,1H3,(H,18,19)/b7-6+. The summed E-state index contributed by atoms with van der Waals surface area (Å²) >= 11 is 0. The molecule has 1 aliphatic rings. The van der Waals surface area contributed by atoms with Gasteiger partial charge in [-0.25, -0.2) is 4.79 Å². The van der Waals surface area contributed by atoms with Gasteiger partial charge in [0.1, 0.15) is 5.69 Å². The van der Waals surface area contributed by atoms with Crippen molar-refractivity contribution < 1.29 is 19.4 Å². The number of methoxy groups -OCH3 is 1. The Morgan fingerprint density at radius 3 is 3.05 bits per heavy atom. The molecule has 0 radical (unpaired) electrons. The van der Waals surface area contributed by atoms with E-state index >= 15 is 0 Å². The minimum atomic E-state index is -1.06. The van der Waals surface area contributed by atoms with E-state index in [0.717, 1.165) is 18.9 Å². The van der Waals surface area contributed by atoms with Crippen LogP contribution in [0.2, 0.25) is 0 Å². The Bertz CT molecular complexity index is 556. The van der Waals surface area contributed by atoms with Gasteiger partial charge in [-0.2, -0.15) is 0 Å². The van der Waals surface area contributed by atoms with E-state index in [4.69, 9.17) is 9.84 Å². The molecule has 1 aromatic heterocycles. The summed E-state index contributed by atoms with van der Waals surface area (Å²) in [7, 11) is 1.64. The van der Waals surface area contributed by atoms with E-state index in [-0.39, 0.29) is 17.7 Å². The first-order valence-corrected chi connectivity index (χ1v) is 6.80. The number of hydrogen-bond donors (Lipinski definition) is 1. The number of carbonyl (C=O) groups is 2. The molecular weight excluding hydrogens is 272 g/mol. The number of likely N-dealkylation sites (tertiary alicyclic amines) is 1. The van der Waals surface area contributed by atoms with Gasteiger partial charge in [0.2, 0.25) is 0 Å².